The number of rotatable bonds is 3. The number of nitrogens with two attached hydrogens (primary N) is 1. The first-order valence-corrected chi connectivity index (χ1v) is 5.43. The van der Waals surface area contributed by atoms with Gasteiger partial charge in [-0.25, -0.2) is 4.98 Å². The average Bonchev–Trinajstić information content (AvgIpc) is 2.33. The minimum absolute atomic E-state index is 0.206. The fourth-order valence-electron chi connectivity index (χ4n) is 1.45. The zero-order valence-electron chi connectivity index (χ0n) is 9.34. The molecule has 0 spiro atoms. The third-order valence-electron chi connectivity index (χ3n) is 2.23. The van der Waals surface area contributed by atoms with Crippen LogP contribution in [0.4, 0.5) is 11.8 Å². The molecule has 2 aromatic rings. The van der Waals surface area contributed by atoms with Crippen molar-refractivity contribution in [1.82, 2.24) is 15.0 Å². The van der Waals surface area contributed by atoms with Gasteiger partial charge in [-0.2, -0.15) is 4.98 Å². The van der Waals surface area contributed by atoms with Gasteiger partial charge in [0.2, 0.25) is 5.95 Å². The van der Waals surface area contributed by atoms with Crippen LogP contribution in [0, 0.1) is 0 Å². The Hall–Kier alpha value is -1.88. The minimum Gasteiger partial charge on any atom is -0.368 e. The number of aromatic nitrogens is 3. The highest BCUT2D eigenvalue weighted by Gasteiger charge is 2.10. The molecular weight excluding hydrogens is 238 g/mol. The van der Waals surface area contributed by atoms with Crippen molar-refractivity contribution in [1.29, 1.82) is 0 Å². The topological polar surface area (TPSA) is 67.9 Å². The number of hydrogen-bond acceptors (Lipinski definition) is 5. The lowest BCUT2D eigenvalue weighted by Gasteiger charge is -2.18. The van der Waals surface area contributed by atoms with Crippen LogP contribution in [0.25, 0.3) is 0 Å². The van der Waals surface area contributed by atoms with Gasteiger partial charge in [-0.3, -0.25) is 4.98 Å². The number of nitrogens with zero attached hydrogens (tertiary/aromatic N) is 4. The number of nitrogen functional groups attached to an aromatic ring is 1. The van der Waals surface area contributed by atoms with Crippen molar-refractivity contribution in [3.05, 3.63) is 41.3 Å². The van der Waals surface area contributed by atoms with E-state index in [1.807, 2.05) is 30.1 Å². The predicted molar refractivity (Wildman–Crippen MR) is 67.8 cm³/mol. The summed E-state index contributed by atoms with van der Waals surface area (Å²) < 4.78 is 0. The average molecular weight is 250 g/mol. The first kappa shape index (κ1) is 11.6. The molecule has 17 heavy (non-hydrogen) atoms. The molecule has 0 saturated carbocycles. The van der Waals surface area contributed by atoms with Gasteiger partial charge in [0.25, 0.3) is 0 Å². The monoisotopic (exact) mass is 249 g/mol. The van der Waals surface area contributed by atoms with Crippen molar-refractivity contribution in [3.63, 3.8) is 0 Å². The van der Waals surface area contributed by atoms with Crippen LogP contribution in [0.2, 0.25) is 5.02 Å². The maximum Gasteiger partial charge on any atom is 0.222 e. The van der Waals surface area contributed by atoms with Gasteiger partial charge in [-0.05, 0) is 12.1 Å². The molecule has 0 amide bonds. The molecule has 0 aromatic carbocycles. The van der Waals surface area contributed by atoms with E-state index in [0.29, 0.717) is 17.4 Å². The Kier molecular flexibility index (Phi) is 3.39. The van der Waals surface area contributed by atoms with E-state index in [0.717, 1.165) is 5.69 Å². The van der Waals surface area contributed by atoms with Crippen LogP contribution >= 0.6 is 11.6 Å². The van der Waals surface area contributed by atoms with Gasteiger partial charge >= 0.3 is 0 Å². The van der Waals surface area contributed by atoms with Crippen molar-refractivity contribution in [2.45, 2.75) is 6.54 Å². The zero-order valence-corrected chi connectivity index (χ0v) is 10.1. The Labute approximate surface area is 104 Å². The lowest BCUT2D eigenvalue weighted by molar-refractivity contribution is 0.863. The van der Waals surface area contributed by atoms with Crippen molar-refractivity contribution in [3.8, 4) is 0 Å². The summed E-state index contributed by atoms with van der Waals surface area (Å²) in [5, 5.41) is 0.470. The summed E-state index contributed by atoms with van der Waals surface area (Å²) in [5.74, 6) is 0.807. The summed E-state index contributed by atoms with van der Waals surface area (Å²) in [5.41, 5.74) is 6.47. The largest absolute Gasteiger partial charge is 0.368 e. The summed E-state index contributed by atoms with van der Waals surface area (Å²) in [4.78, 5) is 14.0. The molecule has 0 aliphatic rings. The normalized spacial score (nSPS) is 10.2. The highest BCUT2D eigenvalue weighted by molar-refractivity contribution is 6.32. The molecule has 0 radical (unpaired) electrons. The van der Waals surface area contributed by atoms with Crippen LogP contribution in [0.5, 0.6) is 0 Å². The van der Waals surface area contributed by atoms with Crippen LogP contribution in [-0.2, 0) is 6.54 Å². The number of hydrogen-bond donors (Lipinski definition) is 1. The maximum atomic E-state index is 6.01. The molecule has 0 atom stereocenters. The number of anilines is 2. The number of halogens is 1. The summed E-state index contributed by atoms with van der Waals surface area (Å²) in [6, 6.07) is 5.75. The molecule has 5 nitrogen and oxygen atoms in total. The maximum absolute atomic E-state index is 6.01. The standard InChI is InChI=1S/C11H12ClN5/c1-17(7-8-4-2-3-5-14-8)10-9(12)6-15-11(13)16-10/h2-6H,7H2,1H3,(H2,13,15,16). The Morgan fingerprint density at radius 3 is 2.88 bits per heavy atom. The van der Waals surface area contributed by atoms with Crippen molar-refractivity contribution in [2.24, 2.45) is 0 Å². The van der Waals surface area contributed by atoms with E-state index in [-0.39, 0.29) is 5.95 Å². The smallest absolute Gasteiger partial charge is 0.222 e. The molecule has 0 saturated heterocycles. The first-order valence-electron chi connectivity index (χ1n) is 5.06. The molecule has 0 aliphatic heterocycles. The van der Waals surface area contributed by atoms with Gasteiger partial charge < -0.3 is 10.6 Å². The van der Waals surface area contributed by atoms with Crippen LogP contribution in [0.1, 0.15) is 5.69 Å². The van der Waals surface area contributed by atoms with Gasteiger partial charge in [0.1, 0.15) is 5.02 Å². The third-order valence-corrected chi connectivity index (χ3v) is 2.50. The fraction of sp³-hybridized carbons (Fsp3) is 0.182. The Balaban J connectivity index is 2.20. The number of pyridine rings is 1. The zero-order chi connectivity index (χ0) is 12.3. The van der Waals surface area contributed by atoms with E-state index >= 15 is 0 Å². The molecule has 0 unspecified atom stereocenters. The van der Waals surface area contributed by atoms with Gasteiger partial charge in [-0.1, -0.05) is 17.7 Å². The fourth-order valence-corrected chi connectivity index (χ4v) is 1.68. The highest BCUT2D eigenvalue weighted by atomic mass is 35.5. The van der Waals surface area contributed by atoms with E-state index in [1.165, 1.54) is 6.20 Å². The molecule has 2 aromatic heterocycles. The molecule has 2 heterocycles. The molecule has 2 N–H and O–H groups in total. The summed E-state index contributed by atoms with van der Waals surface area (Å²) >= 11 is 6.01. The van der Waals surface area contributed by atoms with Crippen LogP contribution in [0.3, 0.4) is 0 Å². The Bertz CT molecular complexity index is 502. The Morgan fingerprint density at radius 1 is 1.35 bits per heavy atom. The predicted octanol–water partition coefficient (Wildman–Crippen LogP) is 1.74. The van der Waals surface area contributed by atoms with E-state index < -0.39 is 0 Å². The molecule has 0 aliphatic carbocycles. The van der Waals surface area contributed by atoms with Crippen molar-refractivity contribution < 1.29 is 0 Å². The minimum atomic E-state index is 0.206. The van der Waals surface area contributed by atoms with Crippen molar-refractivity contribution in [2.75, 3.05) is 17.7 Å². The van der Waals surface area contributed by atoms with E-state index in [4.69, 9.17) is 17.3 Å². The van der Waals surface area contributed by atoms with Crippen LogP contribution in [-0.4, -0.2) is 22.0 Å². The summed E-state index contributed by atoms with van der Waals surface area (Å²) in [6.07, 6.45) is 3.24. The van der Waals surface area contributed by atoms with Crippen molar-refractivity contribution >= 4 is 23.4 Å². The van der Waals surface area contributed by atoms with Crippen LogP contribution in [0.15, 0.2) is 30.6 Å². The van der Waals surface area contributed by atoms with Gasteiger partial charge in [-0.15, -0.1) is 0 Å². The third kappa shape index (κ3) is 2.82. The van der Waals surface area contributed by atoms with E-state index in [1.54, 1.807) is 6.20 Å². The second-order valence-electron chi connectivity index (χ2n) is 3.58. The summed E-state index contributed by atoms with van der Waals surface area (Å²) in [6.45, 7) is 0.608. The van der Waals surface area contributed by atoms with E-state index in [2.05, 4.69) is 15.0 Å². The van der Waals surface area contributed by atoms with Gasteiger partial charge in [0.15, 0.2) is 5.82 Å². The van der Waals surface area contributed by atoms with Gasteiger partial charge in [0, 0.05) is 13.2 Å². The second-order valence-corrected chi connectivity index (χ2v) is 3.98. The highest BCUT2D eigenvalue weighted by Crippen LogP contribution is 2.22. The lowest BCUT2D eigenvalue weighted by Crippen LogP contribution is -2.19. The molecule has 0 bridgehead atoms. The molecule has 2 rings (SSSR count). The molecule has 6 heteroatoms. The quantitative estimate of drug-likeness (QED) is 0.898. The second kappa shape index (κ2) is 4.97. The Morgan fingerprint density at radius 2 is 2.18 bits per heavy atom. The first-order chi connectivity index (χ1) is 8.16. The molecule has 0 fully saturated rings. The molecular formula is C11H12ClN5. The SMILES string of the molecule is CN(Cc1ccccn1)c1nc(N)ncc1Cl. The summed E-state index contributed by atoms with van der Waals surface area (Å²) in [7, 11) is 1.88. The molecule has 88 valence electrons. The van der Waals surface area contributed by atoms with Gasteiger partial charge in [0.05, 0.1) is 18.4 Å². The van der Waals surface area contributed by atoms with Crippen LogP contribution < -0.4 is 10.6 Å². The van der Waals surface area contributed by atoms with E-state index in [9.17, 15) is 0 Å². The lowest BCUT2D eigenvalue weighted by atomic mass is 10.3.